The van der Waals surface area contributed by atoms with Crippen molar-refractivity contribution in [2.24, 2.45) is 0 Å². The highest BCUT2D eigenvalue weighted by molar-refractivity contribution is 6.11. The van der Waals surface area contributed by atoms with Crippen LogP contribution in [0.1, 0.15) is 23.6 Å². The molecule has 0 radical (unpaired) electrons. The number of anilines is 3. The number of hydrogen-bond donors (Lipinski definition) is 0. The lowest BCUT2D eigenvalue weighted by atomic mass is 9.70. The van der Waals surface area contributed by atoms with Gasteiger partial charge in [-0.1, -0.05) is 170 Å². The number of hydrogen-bond acceptors (Lipinski definition) is 2. The lowest BCUT2D eigenvalue weighted by molar-refractivity contribution is 0.666. The number of rotatable bonds is 7. The van der Waals surface area contributed by atoms with Crippen LogP contribution in [0.15, 0.2) is 223 Å². The van der Waals surface area contributed by atoms with Crippen LogP contribution in [0.3, 0.4) is 0 Å². The molecule has 0 saturated heterocycles. The Bertz CT molecular complexity index is 2980. The molecule has 1 heterocycles. The van der Waals surface area contributed by atoms with E-state index in [4.69, 9.17) is 4.42 Å². The second-order valence-corrected chi connectivity index (χ2v) is 15.4. The molecule has 0 amide bonds. The zero-order valence-electron chi connectivity index (χ0n) is 32.1. The molecule has 1 aliphatic rings. The van der Waals surface area contributed by atoms with E-state index in [-0.39, 0.29) is 0 Å². The third kappa shape index (κ3) is 5.41. The first-order valence-corrected chi connectivity index (χ1v) is 20.0. The summed E-state index contributed by atoms with van der Waals surface area (Å²) in [4.78, 5) is 2.38. The van der Waals surface area contributed by atoms with E-state index in [0.29, 0.717) is 0 Å². The molecule has 2 nitrogen and oxygen atoms in total. The van der Waals surface area contributed by atoms with Crippen molar-refractivity contribution < 1.29 is 4.42 Å². The third-order valence-electron chi connectivity index (χ3n) is 12.1. The zero-order valence-corrected chi connectivity index (χ0v) is 32.1. The summed E-state index contributed by atoms with van der Waals surface area (Å²) in [6, 6.07) is 78.9. The summed E-state index contributed by atoms with van der Waals surface area (Å²) >= 11 is 0. The van der Waals surface area contributed by atoms with Crippen molar-refractivity contribution in [2.45, 2.75) is 12.3 Å². The van der Waals surface area contributed by atoms with Gasteiger partial charge >= 0.3 is 0 Å². The van der Waals surface area contributed by atoms with Crippen LogP contribution in [0.5, 0.6) is 0 Å². The van der Waals surface area contributed by atoms with Crippen LogP contribution >= 0.6 is 0 Å². The Balaban J connectivity index is 1.12. The Kier molecular flexibility index (Phi) is 7.97. The van der Waals surface area contributed by atoms with E-state index in [0.717, 1.165) is 44.6 Å². The second-order valence-electron chi connectivity index (χ2n) is 15.4. The normalized spacial score (nSPS) is 12.7. The van der Waals surface area contributed by atoms with Gasteiger partial charge in [-0.05, 0) is 117 Å². The molecule has 1 aliphatic carbocycles. The molecule has 0 N–H and O–H groups in total. The SMILES string of the molecule is CC1(c2c(-c3cccc(N(c4ccc(-c5ccccc5)cc4)c4ccc(-c5ccccc5)cc4)c3)ccc3oc4ccccc4c23)c2ccccc2-c2ccccc21. The highest BCUT2D eigenvalue weighted by Gasteiger charge is 2.43. The fourth-order valence-electron chi connectivity index (χ4n) is 9.43. The number of furan rings is 1. The second kappa shape index (κ2) is 13.7. The molecule has 10 aromatic rings. The minimum absolute atomic E-state index is 0.453. The average molecular weight is 742 g/mol. The molecule has 0 spiro atoms. The van der Waals surface area contributed by atoms with E-state index in [1.165, 1.54) is 55.6 Å². The molecule has 0 bridgehead atoms. The van der Waals surface area contributed by atoms with E-state index in [1.54, 1.807) is 0 Å². The van der Waals surface area contributed by atoms with Gasteiger partial charge in [-0.2, -0.15) is 0 Å². The maximum Gasteiger partial charge on any atom is 0.135 e. The summed E-state index contributed by atoms with van der Waals surface area (Å²) in [5.74, 6) is 0. The van der Waals surface area contributed by atoms with Gasteiger partial charge in [-0.15, -0.1) is 0 Å². The van der Waals surface area contributed by atoms with Crippen LogP contribution in [0.25, 0.3) is 66.4 Å². The predicted molar refractivity (Wildman–Crippen MR) is 242 cm³/mol. The van der Waals surface area contributed by atoms with Crippen LogP contribution in [0.2, 0.25) is 0 Å². The van der Waals surface area contributed by atoms with Crippen LogP contribution in [-0.2, 0) is 5.41 Å². The summed E-state index contributed by atoms with van der Waals surface area (Å²) in [6.07, 6.45) is 0. The topological polar surface area (TPSA) is 16.4 Å². The van der Waals surface area contributed by atoms with Crippen LogP contribution in [0, 0.1) is 0 Å². The van der Waals surface area contributed by atoms with E-state index in [2.05, 4.69) is 230 Å². The highest BCUT2D eigenvalue weighted by atomic mass is 16.3. The van der Waals surface area contributed by atoms with Gasteiger partial charge < -0.3 is 9.32 Å². The number of para-hydroxylation sites is 1. The van der Waals surface area contributed by atoms with Crippen LogP contribution < -0.4 is 4.90 Å². The van der Waals surface area contributed by atoms with E-state index in [9.17, 15) is 0 Å². The van der Waals surface area contributed by atoms with Crippen molar-refractivity contribution in [3.8, 4) is 44.5 Å². The molecule has 0 unspecified atom stereocenters. The monoisotopic (exact) mass is 741 g/mol. The summed E-state index contributed by atoms with van der Waals surface area (Å²) < 4.78 is 6.62. The number of nitrogens with zero attached hydrogens (tertiary/aromatic N) is 1. The molecule has 0 atom stereocenters. The van der Waals surface area contributed by atoms with Crippen molar-refractivity contribution in [1.82, 2.24) is 0 Å². The first-order valence-electron chi connectivity index (χ1n) is 20.0. The van der Waals surface area contributed by atoms with Gasteiger partial charge in [-0.3, -0.25) is 0 Å². The highest BCUT2D eigenvalue weighted by Crippen LogP contribution is 2.57. The first kappa shape index (κ1) is 33.9. The van der Waals surface area contributed by atoms with Crippen LogP contribution in [-0.4, -0.2) is 0 Å². The molecule has 274 valence electrons. The maximum absolute atomic E-state index is 6.62. The maximum atomic E-state index is 6.62. The molecule has 9 aromatic carbocycles. The average Bonchev–Trinajstić information content (AvgIpc) is 3.80. The van der Waals surface area contributed by atoms with Gasteiger partial charge in [0.1, 0.15) is 11.2 Å². The Morgan fingerprint density at radius 3 is 1.47 bits per heavy atom. The van der Waals surface area contributed by atoms with Crippen molar-refractivity contribution in [2.75, 3.05) is 4.90 Å². The zero-order chi connectivity index (χ0) is 38.6. The lowest BCUT2D eigenvalue weighted by Gasteiger charge is -2.32. The molecule has 1 aromatic heterocycles. The lowest BCUT2D eigenvalue weighted by Crippen LogP contribution is -2.24. The molecular weight excluding hydrogens is 703 g/mol. The number of fused-ring (bicyclic) bond motifs is 6. The van der Waals surface area contributed by atoms with Gasteiger partial charge in [0.2, 0.25) is 0 Å². The van der Waals surface area contributed by atoms with Crippen LogP contribution in [0.4, 0.5) is 17.1 Å². The Morgan fingerprint density at radius 2 is 0.862 bits per heavy atom. The molecular formula is C56H39NO. The Morgan fingerprint density at radius 1 is 0.362 bits per heavy atom. The van der Waals surface area contributed by atoms with E-state index in [1.807, 2.05) is 0 Å². The Labute approximate surface area is 338 Å². The molecule has 0 saturated carbocycles. The van der Waals surface area contributed by atoms with Gasteiger partial charge in [0.25, 0.3) is 0 Å². The van der Waals surface area contributed by atoms with Gasteiger partial charge in [0.05, 0.1) is 0 Å². The molecule has 2 heteroatoms. The standard InChI is InChI=1S/C56H39NO/c1-56(50-24-11-8-21-47(50)48-22-9-12-25-51(48)56)55-46(35-36-53-54(55)49-23-10-13-26-52(49)58-53)42-19-14-20-45(37-42)57(43-31-27-40(28-32-43)38-15-4-2-5-16-38)44-33-29-41(30-34-44)39-17-6-3-7-18-39/h2-37H,1H3. The minimum atomic E-state index is -0.453. The van der Waals surface area contributed by atoms with Crippen molar-refractivity contribution in [3.05, 3.63) is 235 Å². The fourth-order valence-corrected chi connectivity index (χ4v) is 9.43. The van der Waals surface area contributed by atoms with Crippen molar-refractivity contribution >= 4 is 39.0 Å². The number of benzene rings is 9. The molecule has 11 rings (SSSR count). The summed E-state index contributed by atoms with van der Waals surface area (Å²) in [5.41, 5.74) is 18.2. The van der Waals surface area contributed by atoms with Gasteiger partial charge in [0.15, 0.2) is 0 Å². The summed E-state index contributed by atoms with van der Waals surface area (Å²) in [7, 11) is 0. The molecule has 58 heavy (non-hydrogen) atoms. The minimum Gasteiger partial charge on any atom is -0.456 e. The largest absolute Gasteiger partial charge is 0.456 e. The van der Waals surface area contributed by atoms with Crippen molar-refractivity contribution in [1.29, 1.82) is 0 Å². The quantitative estimate of drug-likeness (QED) is 0.162. The third-order valence-corrected chi connectivity index (χ3v) is 12.1. The summed E-state index contributed by atoms with van der Waals surface area (Å²) in [6.45, 7) is 2.41. The molecule has 0 aliphatic heterocycles. The first-order chi connectivity index (χ1) is 28.6. The van der Waals surface area contributed by atoms with Crippen molar-refractivity contribution in [3.63, 3.8) is 0 Å². The van der Waals surface area contributed by atoms with E-state index >= 15 is 0 Å². The van der Waals surface area contributed by atoms with Gasteiger partial charge in [-0.25, -0.2) is 0 Å². The predicted octanol–water partition coefficient (Wildman–Crippen LogP) is 15.4. The fraction of sp³-hybridized carbons (Fsp3) is 0.0357. The Hall–Kier alpha value is -7.42. The smallest absolute Gasteiger partial charge is 0.135 e. The summed E-state index contributed by atoms with van der Waals surface area (Å²) in [5, 5.41) is 2.30. The van der Waals surface area contributed by atoms with Gasteiger partial charge in [0, 0.05) is 33.2 Å². The molecule has 0 fully saturated rings. The van der Waals surface area contributed by atoms with E-state index < -0.39 is 5.41 Å².